The first-order valence-corrected chi connectivity index (χ1v) is 17.7. The summed E-state index contributed by atoms with van der Waals surface area (Å²) in [5.41, 5.74) is 7.63. The lowest BCUT2D eigenvalue weighted by molar-refractivity contribution is 0.804. The molecular formula is C41H34N2Si. The lowest BCUT2D eigenvalue weighted by atomic mass is 9.95. The van der Waals surface area contributed by atoms with Gasteiger partial charge in [-0.05, 0) is 53.9 Å². The highest BCUT2D eigenvalue weighted by Crippen LogP contribution is 2.53. The van der Waals surface area contributed by atoms with Crippen molar-refractivity contribution in [3.63, 3.8) is 0 Å². The summed E-state index contributed by atoms with van der Waals surface area (Å²) < 4.78 is 0. The Morgan fingerprint density at radius 2 is 1.39 bits per heavy atom. The summed E-state index contributed by atoms with van der Waals surface area (Å²) in [5.74, 6) is 0. The molecule has 3 atom stereocenters. The Morgan fingerprint density at radius 1 is 0.659 bits per heavy atom. The van der Waals surface area contributed by atoms with Crippen LogP contribution in [-0.2, 0) is 0 Å². The average Bonchev–Trinajstić information content (AvgIpc) is 3.46. The topological polar surface area (TPSA) is 16.1 Å². The quantitative estimate of drug-likeness (QED) is 0.186. The summed E-state index contributed by atoms with van der Waals surface area (Å²) in [6, 6.07) is 48.8. The summed E-state index contributed by atoms with van der Waals surface area (Å²) in [6.07, 6.45) is 16.3. The van der Waals surface area contributed by atoms with Crippen LogP contribution < -0.4 is 15.4 Å². The Balaban J connectivity index is 1.43. The van der Waals surface area contributed by atoms with Gasteiger partial charge in [0.2, 0.25) is 0 Å². The minimum Gasteiger partial charge on any atom is -0.333 e. The van der Waals surface area contributed by atoms with Crippen LogP contribution in [0.1, 0.15) is 18.4 Å². The smallest absolute Gasteiger partial charge is 0.176 e. The van der Waals surface area contributed by atoms with E-state index in [0.29, 0.717) is 0 Å². The van der Waals surface area contributed by atoms with Crippen molar-refractivity contribution in [2.24, 2.45) is 0 Å². The van der Waals surface area contributed by atoms with Crippen molar-refractivity contribution in [1.29, 1.82) is 0 Å². The molecule has 3 unspecified atom stereocenters. The Hall–Kier alpha value is -4.99. The van der Waals surface area contributed by atoms with Gasteiger partial charge >= 0.3 is 0 Å². The Kier molecular flexibility index (Phi) is 6.81. The fourth-order valence-electron chi connectivity index (χ4n) is 7.70. The fraction of sp³-hybridized carbons (Fsp3) is 0.0976. The minimum absolute atomic E-state index is 0.140. The summed E-state index contributed by atoms with van der Waals surface area (Å²) in [6.45, 7) is 0. The molecule has 3 heteroatoms. The molecule has 0 saturated heterocycles. The van der Waals surface area contributed by atoms with E-state index in [1.807, 2.05) is 0 Å². The van der Waals surface area contributed by atoms with Crippen molar-refractivity contribution in [3.05, 3.63) is 181 Å². The predicted octanol–water partition coefficient (Wildman–Crippen LogP) is 8.67. The van der Waals surface area contributed by atoms with Crippen molar-refractivity contribution in [2.45, 2.75) is 24.4 Å². The summed E-state index contributed by atoms with van der Waals surface area (Å²) in [5, 5.41) is 4.19. The molecule has 0 bridgehead atoms. The standard InChI is InChI=1S/C41H34N2Si/c1-5-17-31(18-6-1)37-27-16-30-40(42-37)44(33-21-9-3-10-22-33,34-23-11-4-12-24-34)39-29-15-26-36-35-25-13-14-28-38(35)43(41(36)39)32-19-7-2-8-20-32/h1-11,13-23,25-30,39,41H,12,24H2. The third-order valence-electron chi connectivity index (χ3n) is 9.51. The monoisotopic (exact) mass is 582 g/mol. The Labute approximate surface area is 261 Å². The van der Waals surface area contributed by atoms with Crippen molar-refractivity contribution in [2.75, 3.05) is 4.90 Å². The van der Waals surface area contributed by atoms with Crippen molar-refractivity contribution in [1.82, 2.24) is 4.98 Å². The van der Waals surface area contributed by atoms with E-state index in [4.69, 9.17) is 4.98 Å². The highest BCUT2D eigenvalue weighted by atomic mass is 28.3. The molecule has 5 aromatic rings. The lowest BCUT2D eigenvalue weighted by Crippen LogP contribution is -2.67. The van der Waals surface area contributed by atoms with Gasteiger partial charge in [0.1, 0.15) is 0 Å². The molecule has 2 aliphatic carbocycles. The van der Waals surface area contributed by atoms with Gasteiger partial charge in [-0.25, -0.2) is 0 Å². The van der Waals surface area contributed by atoms with E-state index in [1.165, 1.54) is 33.0 Å². The highest BCUT2D eigenvalue weighted by Gasteiger charge is 2.55. The lowest BCUT2D eigenvalue weighted by Gasteiger charge is -2.46. The highest BCUT2D eigenvalue weighted by molar-refractivity contribution is 7.08. The van der Waals surface area contributed by atoms with Gasteiger partial charge in [-0.2, -0.15) is 0 Å². The van der Waals surface area contributed by atoms with Gasteiger partial charge in [0.05, 0.1) is 11.7 Å². The van der Waals surface area contributed by atoms with Gasteiger partial charge in [-0.15, -0.1) is 0 Å². The van der Waals surface area contributed by atoms with E-state index in [9.17, 15) is 0 Å². The zero-order chi connectivity index (χ0) is 29.3. The van der Waals surface area contributed by atoms with Gasteiger partial charge in [-0.3, -0.25) is 4.98 Å². The number of hydrogen-bond donors (Lipinski definition) is 0. The molecule has 0 spiro atoms. The number of aromatic nitrogens is 1. The maximum Gasteiger partial charge on any atom is 0.176 e. The molecular weight excluding hydrogens is 549 g/mol. The first-order chi connectivity index (χ1) is 21.9. The van der Waals surface area contributed by atoms with Gasteiger partial charge in [0, 0.05) is 33.4 Å². The van der Waals surface area contributed by atoms with Crippen molar-refractivity contribution in [3.8, 4) is 11.3 Å². The third kappa shape index (κ3) is 4.27. The second-order valence-electron chi connectivity index (χ2n) is 11.8. The first-order valence-electron chi connectivity index (χ1n) is 15.6. The summed E-state index contributed by atoms with van der Waals surface area (Å²) in [4.78, 5) is 8.24. The van der Waals surface area contributed by atoms with Crippen LogP contribution in [0.5, 0.6) is 0 Å². The number of hydrogen-bond acceptors (Lipinski definition) is 2. The molecule has 1 aromatic heterocycles. The van der Waals surface area contributed by atoms with Crippen LogP contribution >= 0.6 is 0 Å². The largest absolute Gasteiger partial charge is 0.333 e. The number of anilines is 2. The average molecular weight is 583 g/mol. The number of nitrogens with zero attached hydrogens (tertiary/aromatic N) is 2. The fourth-order valence-corrected chi connectivity index (χ4v) is 13.3. The maximum absolute atomic E-state index is 5.63. The van der Waals surface area contributed by atoms with Crippen LogP contribution in [0, 0.1) is 0 Å². The van der Waals surface area contributed by atoms with E-state index >= 15 is 0 Å². The summed E-state index contributed by atoms with van der Waals surface area (Å²) in [7, 11) is -2.78. The normalized spacial score (nSPS) is 19.9. The number of rotatable bonds is 6. The molecule has 212 valence electrons. The van der Waals surface area contributed by atoms with Crippen LogP contribution in [0.25, 0.3) is 16.8 Å². The zero-order valence-electron chi connectivity index (χ0n) is 24.6. The molecule has 3 aliphatic rings. The Morgan fingerprint density at radius 3 is 2.16 bits per heavy atom. The van der Waals surface area contributed by atoms with E-state index in [2.05, 4.69) is 175 Å². The summed E-state index contributed by atoms with van der Waals surface area (Å²) >= 11 is 0. The van der Waals surface area contributed by atoms with E-state index < -0.39 is 8.07 Å². The maximum atomic E-state index is 5.63. The van der Waals surface area contributed by atoms with Crippen LogP contribution in [0.15, 0.2) is 175 Å². The molecule has 0 radical (unpaired) electrons. The molecule has 2 nitrogen and oxygen atoms in total. The second kappa shape index (κ2) is 11.3. The van der Waals surface area contributed by atoms with Crippen molar-refractivity contribution >= 4 is 35.5 Å². The van der Waals surface area contributed by atoms with E-state index in [1.54, 1.807) is 5.20 Å². The molecule has 8 rings (SSSR count). The van der Waals surface area contributed by atoms with Gasteiger partial charge in [-0.1, -0.05) is 145 Å². The molecule has 2 heterocycles. The second-order valence-corrected chi connectivity index (χ2v) is 15.8. The van der Waals surface area contributed by atoms with Crippen molar-refractivity contribution < 1.29 is 0 Å². The minimum atomic E-state index is -2.78. The number of para-hydroxylation sites is 2. The molecule has 4 aromatic carbocycles. The van der Waals surface area contributed by atoms with Crippen LogP contribution in [0.4, 0.5) is 11.4 Å². The number of pyridine rings is 1. The zero-order valence-corrected chi connectivity index (χ0v) is 25.6. The molecule has 0 saturated carbocycles. The van der Waals surface area contributed by atoms with Gasteiger partial charge in [0.15, 0.2) is 8.07 Å². The molecule has 44 heavy (non-hydrogen) atoms. The van der Waals surface area contributed by atoms with E-state index in [-0.39, 0.29) is 11.6 Å². The third-order valence-corrected chi connectivity index (χ3v) is 14.8. The van der Waals surface area contributed by atoms with Crippen LogP contribution in [0.2, 0.25) is 5.54 Å². The molecule has 0 N–H and O–H groups in total. The molecule has 0 fully saturated rings. The molecule has 0 amide bonds. The van der Waals surface area contributed by atoms with Gasteiger partial charge in [0.25, 0.3) is 0 Å². The number of allylic oxidation sites excluding steroid dienone is 6. The van der Waals surface area contributed by atoms with Gasteiger partial charge < -0.3 is 4.90 Å². The first kappa shape index (κ1) is 26.6. The number of benzene rings is 4. The predicted molar refractivity (Wildman–Crippen MR) is 187 cm³/mol. The van der Waals surface area contributed by atoms with Crippen LogP contribution in [0.3, 0.4) is 0 Å². The number of fused-ring (bicyclic) bond motifs is 3. The van der Waals surface area contributed by atoms with Crippen LogP contribution in [-0.4, -0.2) is 19.1 Å². The SMILES string of the molecule is C1=CCCC([Si](c2ccccc2)(c2cccc(-c3ccccc3)n2)C2C=CC=C3c4ccccc4N(c4ccccc4)C32)=C1. The Bertz CT molecular complexity index is 1920. The van der Waals surface area contributed by atoms with E-state index in [0.717, 1.165) is 24.1 Å². The molecule has 1 aliphatic heterocycles.